The lowest BCUT2D eigenvalue weighted by Gasteiger charge is -2.14. The maximum atomic E-state index is 12.0. The summed E-state index contributed by atoms with van der Waals surface area (Å²) >= 11 is 0. The molecule has 1 heterocycles. The predicted octanol–water partition coefficient (Wildman–Crippen LogP) is 2.08. The van der Waals surface area contributed by atoms with Gasteiger partial charge in [-0.3, -0.25) is 9.59 Å². The maximum absolute atomic E-state index is 12.0. The van der Waals surface area contributed by atoms with E-state index in [-0.39, 0.29) is 34.1 Å². The smallest absolute Gasteiger partial charge is 0.306 e. The molecule has 1 aromatic heterocycles. The van der Waals surface area contributed by atoms with Crippen molar-refractivity contribution in [2.24, 2.45) is 5.92 Å². The Bertz CT molecular complexity index is 759. The Labute approximate surface area is 120 Å². The number of aryl methyl sites for hydroxylation is 1. The molecule has 1 atom stereocenters. The zero-order valence-electron chi connectivity index (χ0n) is 12.0. The van der Waals surface area contributed by atoms with Crippen LogP contribution in [-0.4, -0.2) is 23.3 Å². The Morgan fingerprint density at radius 1 is 1.43 bits per heavy atom. The molecular formula is C15H16O6. The number of carboxylic acids is 1. The summed E-state index contributed by atoms with van der Waals surface area (Å²) in [4.78, 5) is 23.0. The van der Waals surface area contributed by atoms with Crippen LogP contribution in [0.15, 0.2) is 21.3 Å². The lowest BCUT2D eigenvalue weighted by molar-refractivity contribution is -0.141. The fourth-order valence-corrected chi connectivity index (χ4v) is 2.21. The van der Waals surface area contributed by atoms with Crippen molar-refractivity contribution < 1.29 is 24.2 Å². The molecule has 2 aromatic rings. The van der Waals surface area contributed by atoms with Crippen LogP contribution >= 0.6 is 0 Å². The predicted molar refractivity (Wildman–Crippen MR) is 75.9 cm³/mol. The molecule has 2 N–H and O–H groups in total. The van der Waals surface area contributed by atoms with Gasteiger partial charge in [0.15, 0.2) is 5.43 Å². The molecule has 0 radical (unpaired) electrons. The van der Waals surface area contributed by atoms with Crippen LogP contribution in [-0.2, 0) is 11.2 Å². The van der Waals surface area contributed by atoms with Gasteiger partial charge in [-0.2, -0.15) is 0 Å². The second-order valence-electron chi connectivity index (χ2n) is 4.94. The van der Waals surface area contributed by atoms with Crippen LogP contribution < -0.4 is 10.2 Å². The number of methoxy groups -OCH3 is 1. The molecule has 0 fully saturated rings. The third-order valence-electron chi connectivity index (χ3n) is 3.33. The second kappa shape index (κ2) is 5.47. The Morgan fingerprint density at radius 2 is 2.10 bits per heavy atom. The van der Waals surface area contributed by atoms with Crippen molar-refractivity contribution >= 4 is 16.9 Å². The van der Waals surface area contributed by atoms with E-state index in [2.05, 4.69) is 0 Å². The van der Waals surface area contributed by atoms with Gasteiger partial charge in [-0.05, 0) is 13.3 Å². The van der Waals surface area contributed by atoms with Gasteiger partial charge >= 0.3 is 5.97 Å². The fraction of sp³-hybridized carbons (Fsp3) is 0.333. The number of hydrogen-bond donors (Lipinski definition) is 2. The number of phenolic OH excluding ortho intramolecular Hbond substituents is 1. The molecule has 6 heteroatoms. The first-order chi connectivity index (χ1) is 9.85. The number of carboxylic acid groups (broad SMARTS) is 1. The quantitative estimate of drug-likeness (QED) is 0.895. The van der Waals surface area contributed by atoms with Crippen molar-refractivity contribution in [3.63, 3.8) is 0 Å². The van der Waals surface area contributed by atoms with E-state index in [4.69, 9.17) is 14.3 Å². The molecule has 0 bridgehead atoms. The number of rotatable bonds is 4. The number of phenols is 1. The average Bonchev–Trinajstić information content (AvgIpc) is 2.40. The van der Waals surface area contributed by atoms with Crippen molar-refractivity contribution in [2.45, 2.75) is 20.3 Å². The van der Waals surface area contributed by atoms with Crippen LogP contribution in [0.3, 0.4) is 0 Å². The number of aliphatic carboxylic acids is 1. The van der Waals surface area contributed by atoms with Crippen molar-refractivity contribution in [1.29, 1.82) is 0 Å². The zero-order chi connectivity index (χ0) is 15.7. The van der Waals surface area contributed by atoms with Crippen LogP contribution in [0.4, 0.5) is 0 Å². The molecule has 2 rings (SSSR count). The minimum absolute atomic E-state index is 0.0361. The van der Waals surface area contributed by atoms with Crippen LogP contribution in [0, 0.1) is 12.8 Å². The minimum atomic E-state index is -0.993. The van der Waals surface area contributed by atoms with Crippen molar-refractivity contribution in [3.05, 3.63) is 33.7 Å². The Hall–Kier alpha value is -2.50. The SMILES string of the molecule is COc1cc2oc(C)cc(=O)c2c(O)c1C[C@H](C)C(=O)O. The summed E-state index contributed by atoms with van der Waals surface area (Å²) in [7, 11) is 1.41. The molecule has 0 aliphatic carbocycles. The molecule has 0 aliphatic rings. The molecule has 0 unspecified atom stereocenters. The van der Waals surface area contributed by atoms with E-state index in [0.29, 0.717) is 11.5 Å². The zero-order valence-corrected chi connectivity index (χ0v) is 12.0. The van der Waals surface area contributed by atoms with Crippen LogP contribution in [0.5, 0.6) is 11.5 Å². The summed E-state index contributed by atoms with van der Waals surface area (Å²) in [5.41, 5.74) is 0.121. The van der Waals surface area contributed by atoms with E-state index >= 15 is 0 Å². The highest BCUT2D eigenvalue weighted by molar-refractivity contribution is 5.87. The van der Waals surface area contributed by atoms with Crippen LogP contribution in [0.25, 0.3) is 11.0 Å². The fourth-order valence-electron chi connectivity index (χ4n) is 2.21. The van der Waals surface area contributed by atoms with Crippen molar-refractivity contribution in [3.8, 4) is 11.5 Å². The number of hydrogen-bond acceptors (Lipinski definition) is 5. The number of benzene rings is 1. The van der Waals surface area contributed by atoms with E-state index in [1.165, 1.54) is 26.2 Å². The van der Waals surface area contributed by atoms with E-state index in [9.17, 15) is 14.7 Å². The number of carbonyl (C=O) groups is 1. The van der Waals surface area contributed by atoms with Gasteiger partial charge in [-0.1, -0.05) is 6.92 Å². The molecule has 0 saturated heterocycles. The van der Waals surface area contributed by atoms with E-state index in [0.717, 1.165) is 0 Å². The standard InChI is InChI=1S/C15H16O6/c1-7(15(18)19)4-9-11(20-3)6-12-13(14(9)17)10(16)5-8(2)21-12/h5-7,17H,4H2,1-3H3,(H,18,19)/t7-/m0/s1. The highest BCUT2D eigenvalue weighted by Gasteiger charge is 2.22. The van der Waals surface area contributed by atoms with Crippen molar-refractivity contribution in [1.82, 2.24) is 0 Å². The molecule has 0 saturated carbocycles. The van der Waals surface area contributed by atoms with Gasteiger partial charge in [0.25, 0.3) is 0 Å². The highest BCUT2D eigenvalue weighted by atomic mass is 16.5. The average molecular weight is 292 g/mol. The van der Waals surface area contributed by atoms with E-state index in [1.54, 1.807) is 6.92 Å². The van der Waals surface area contributed by atoms with Gasteiger partial charge < -0.3 is 19.4 Å². The Morgan fingerprint density at radius 3 is 2.67 bits per heavy atom. The molecule has 21 heavy (non-hydrogen) atoms. The van der Waals surface area contributed by atoms with Gasteiger partial charge in [0.1, 0.15) is 28.2 Å². The molecule has 112 valence electrons. The van der Waals surface area contributed by atoms with Gasteiger partial charge in [-0.25, -0.2) is 0 Å². The summed E-state index contributed by atoms with van der Waals surface area (Å²) in [6.45, 7) is 3.15. The molecule has 6 nitrogen and oxygen atoms in total. The largest absolute Gasteiger partial charge is 0.507 e. The first kappa shape index (κ1) is 14.9. The monoisotopic (exact) mass is 292 g/mol. The molecule has 0 spiro atoms. The number of ether oxygens (including phenoxy) is 1. The van der Waals surface area contributed by atoms with Gasteiger partial charge in [0, 0.05) is 17.7 Å². The third kappa shape index (κ3) is 2.69. The lowest BCUT2D eigenvalue weighted by atomic mass is 9.97. The summed E-state index contributed by atoms with van der Waals surface area (Å²) in [6.07, 6.45) is 0.0492. The minimum Gasteiger partial charge on any atom is -0.507 e. The summed E-state index contributed by atoms with van der Waals surface area (Å²) in [5, 5.41) is 19.4. The molecule has 0 amide bonds. The molecule has 1 aromatic carbocycles. The van der Waals surface area contributed by atoms with Gasteiger partial charge in [-0.15, -0.1) is 0 Å². The Kier molecular flexibility index (Phi) is 3.88. The summed E-state index contributed by atoms with van der Waals surface area (Å²) < 4.78 is 10.6. The summed E-state index contributed by atoms with van der Waals surface area (Å²) in [6, 6.07) is 2.77. The molecule has 0 aliphatic heterocycles. The first-order valence-corrected chi connectivity index (χ1v) is 6.41. The van der Waals surface area contributed by atoms with E-state index < -0.39 is 11.9 Å². The van der Waals surface area contributed by atoms with Crippen molar-refractivity contribution in [2.75, 3.05) is 7.11 Å². The Balaban J connectivity index is 2.72. The first-order valence-electron chi connectivity index (χ1n) is 6.41. The van der Waals surface area contributed by atoms with Crippen LogP contribution in [0.1, 0.15) is 18.2 Å². The summed E-state index contributed by atoms with van der Waals surface area (Å²) in [5.74, 6) is -1.29. The lowest BCUT2D eigenvalue weighted by Crippen LogP contribution is -2.13. The number of fused-ring (bicyclic) bond motifs is 1. The van der Waals surface area contributed by atoms with Gasteiger partial charge in [0.05, 0.1) is 13.0 Å². The van der Waals surface area contributed by atoms with Crippen LogP contribution in [0.2, 0.25) is 0 Å². The molecular weight excluding hydrogens is 276 g/mol. The van der Waals surface area contributed by atoms with E-state index in [1.807, 2.05) is 0 Å². The number of aromatic hydroxyl groups is 1. The highest BCUT2D eigenvalue weighted by Crippen LogP contribution is 2.36. The normalized spacial score (nSPS) is 12.3. The maximum Gasteiger partial charge on any atom is 0.306 e. The topological polar surface area (TPSA) is 97.0 Å². The van der Waals surface area contributed by atoms with Gasteiger partial charge in [0.2, 0.25) is 0 Å². The third-order valence-corrected chi connectivity index (χ3v) is 3.33. The second-order valence-corrected chi connectivity index (χ2v) is 4.94.